The maximum atomic E-state index is 11.9. The maximum absolute atomic E-state index is 11.9. The highest BCUT2D eigenvalue weighted by Gasteiger charge is 2.21. The van der Waals surface area contributed by atoms with E-state index in [1.165, 1.54) is 12.4 Å². The minimum Gasteiger partial charge on any atom is -0.480 e. The third kappa shape index (κ3) is 4.25. The summed E-state index contributed by atoms with van der Waals surface area (Å²) in [6, 6.07) is 7.99. The van der Waals surface area contributed by atoms with Crippen LogP contribution in [-0.2, 0) is 11.2 Å². The van der Waals surface area contributed by atoms with Gasteiger partial charge in [0.25, 0.3) is 5.91 Å². The highest BCUT2D eigenvalue weighted by Crippen LogP contribution is 2.05. The molecule has 1 aromatic heterocycles. The number of nitrogens with one attached hydrogen (secondary N) is 1. The number of hydrogen-bond acceptors (Lipinski definition) is 4. The Balaban J connectivity index is 2.07. The summed E-state index contributed by atoms with van der Waals surface area (Å²) >= 11 is 5.58. The number of carbonyl (C=O) groups is 2. The molecule has 0 saturated heterocycles. The Morgan fingerprint density at radius 1 is 1.19 bits per heavy atom. The van der Waals surface area contributed by atoms with Gasteiger partial charge in [-0.3, -0.25) is 4.79 Å². The number of carbonyl (C=O) groups excluding carboxylic acids is 1. The first-order valence-corrected chi connectivity index (χ1v) is 6.49. The largest absolute Gasteiger partial charge is 0.480 e. The minimum absolute atomic E-state index is 0.0127. The van der Waals surface area contributed by atoms with Gasteiger partial charge < -0.3 is 10.4 Å². The van der Waals surface area contributed by atoms with Gasteiger partial charge in [-0.1, -0.05) is 41.9 Å². The lowest BCUT2D eigenvalue weighted by Crippen LogP contribution is -2.42. The third-order valence-electron chi connectivity index (χ3n) is 2.74. The Morgan fingerprint density at radius 2 is 1.90 bits per heavy atom. The van der Waals surface area contributed by atoms with E-state index in [0.717, 1.165) is 5.56 Å². The first-order chi connectivity index (χ1) is 10.1. The molecule has 0 aliphatic carbocycles. The second-order valence-electron chi connectivity index (χ2n) is 4.28. The van der Waals surface area contributed by atoms with Crippen LogP contribution in [0.3, 0.4) is 0 Å². The average molecular weight is 306 g/mol. The van der Waals surface area contributed by atoms with Gasteiger partial charge in [0.05, 0.1) is 12.4 Å². The monoisotopic (exact) mass is 305 g/mol. The fraction of sp³-hybridized carbons (Fsp3) is 0.143. The Bertz CT molecular complexity index is 632. The van der Waals surface area contributed by atoms with Gasteiger partial charge in [0, 0.05) is 6.42 Å². The fourth-order valence-electron chi connectivity index (χ4n) is 1.71. The summed E-state index contributed by atoms with van der Waals surface area (Å²) in [5, 5.41) is 11.8. The molecule has 21 heavy (non-hydrogen) atoms. The molecule has 108 valence electrons. The Hall–Kier alpha value is -2.47. The zero-order chi connectivity index (χ0) is 15.2. The topological polar surface area (TPSA) is 92.2 Å². The van der Waals surface area contributed by atoms with Crippen molar-refractivity contribution in [3.63, 3.8) is 0 Å². The molecule has 1 heterocycles. The molecular formula is C14H12ClN3O3. The molecular weight excluding hydrogens is 294 g/mol. The van der Waals surface area contributed by atoms with Gasteiger partial charge in [0.2, 0.25) is 0 Å². The number of nitrogens with zero attached hydrogens (tertiary/aromatic N) is 2. The number of aliphatic carboxylic acids is 1. The zero-order valence-corrected chi connectivity index (χ0v) is 11.6. The second-order valence-corrected chi connectivity index (χ2v) is 4.67. The minimum atomic E-state index is -1.12. The molecule has 2 rings (SSSR count). The van der Waals surface area contributed by atoms with Gasteiger partial charge in [-0.15, -0.1) is 0 Å². The van der Waals surface area contributed by atoms with Crippen LogP contribution in [0.4, 0.5) is 0 Å². The average Bonchev–Trinajstić information content (AvgIpc) is 2.48. The molecule has 2 N–H and O–H groups in total. The first-order valence-electron chi connectivity index (χ1n) is 6.11. The van der Waals surface area contributed by atoms with E-state index in [1.807, 2.05) is 6.07 Å². The Labute approximate surface area is 125 Å². The van der Waals surface area contributed by atoms with E-state index in [4.69, 9.17) is 11.6 Å². The van der Waals surface area contributed by atoms with Gasteiger partial charge in [-0.2, -0.15) is 0 Å². The number of aromatic nitrogens is 2. The zero-order valence-electron chi connectivity index (χ0n) is 10.9. The number of carboxylic acid groups (broad SMARTS) is 1. The molecule has 6 nitrogen and oxygen atoms in total. The van der Waals surface area contributed by atoms with Gasteiger partial charge in [-0.05, 0) is 5.56 Å². The van der Waals surface area contributed by atoms with Crippen molar-refractivity contribution < 1.29 is 14.7 Å². The molecule has 0 unspecified atom stereocenters. The van der Waals surface area contributed by atoms with Crippen molar-refractivity contribution >= 4 is 23.5 Å². The maximum Gasteiger partial charge on any atom is 0.326 e. The smallest absolute Gasteiger partial charge is 0.326 e. The summed E-state index contributed by atoms with van der Waals surface area (Å²) in [5.74, 6) is -1.73. The number of carboxylic acids is 1. The predicted molar refractivity (Wildman–Crippen MR) is 76.1 cm³/mol. The quantitative estimate of drug-likeness (QED) is 0.874. The molecule has 0 aliphatic rings. The molecule has 0 spiro atoms. The van der Waals surface area contributed by atoms with Crippen molar-refractivity contribution in [2.45, 2.75) is 12.5 Å². The van der Waals surface area contributed by atoms with E-state index < -0.39 is 17.9 Å². The van der Waals surface area contributed by atoms with Gasteiger partial charge in [0.1, 0.15) is 16.9 Å². The van der Waals surface area contributed by atoms with Gasteiger partial charge in [0.15, 0.2) is 0 Å². The third-order valence-corrected chi connectivity index (χ3v) is 2.93. The van der Waals surface area contributed by atoms with Crippen molar-refractivity contribution in [3.05, 3.63) is 59.1 Å². The van der Waals surface area contributed by atoms with Gasteiger partial charge in [-0.25, -0.2) is 14.8 Å². The second kappa shape index (κ2) is 6.81. The van der Waals surface area contributed by atoms with Crippen LogP contribution in [0.5, 0.6) is 0 Å². The lowest BCUT2D eigenvalue weighted by Gasteiger charge is -2.14. The number of rotatable bonds is 5. The van der Waals surface area contributed by atoms with E-state index >= 15 is 0 Å². The lowest BCUT2D eigenvalue weighted by atomic mass is 10.1. The molecule has 1 amide bonds. The summed E-state index contributed by atoms with van der Waals surface area (Å²) in [4.78, 5) is 30.7. The standard InChI is InChI=1S/C14H12ClN3O3/c15-12-8-16-11(7-17-12)13(19)18-10(14(20)21)6-9-4-2-1-3-5-9/h1-5,7-8,10H,6H2,(H,18,19)(H,20,21)/t10-/m1/s1. The van der Waals surface area contributed by atoms with E-state index in [-0.39, 0.29) is 17.3 Å². The lowest BCUT2D eigenvalue weighted by molar-refractivity contribution is -0.139. The Kier molecular flexibility index (Phi) is 4.84. The van der Waals surface area contributed by atoms with Crippen LogP contribution in [0.2, 0.25) is 5.15 Å². The summed E-state index contributed by atoms with van der Waals surface area (Å²) < 4.78 is 0. The van der Waals surface area contributed by atoms with Crippen LogP contribution in [-0.4, -0.2) is 33.0 Å². The highest BCUT2D eigenvalue weighted by atomic mass is 35.5. The summed E-state index contributed by atoms with van der Waals surface area (Å²) in [6.07, 6.45) is 2.60. The molecule has 0 saturated carbocycles. The molecule has 1 aromatic carbocycles. The molecule has 2 aromatic rings. The van der Waals surface area contributed by atoms with Crippen molar-refractivity contribution in [1.82, 2.24) is 15.3 Å². The summed E-state index contributed by atoms with van der Waals surface area (Å²) in [6.45, 7) is 0. The van der Waals surface area contributed by atoms with E-state index in [9.17, 15) is 14.7 Å². The highest BCUT2D eigenvalue weighted by molar-refractivity contribution is 6.29. The van der Waals surface area contributed by atoms with Crippen LogP contribution < -0.4 is 5.32 Å². The first kappa shape index (κ1) is 14.9. The molecule has 0 aliphatic heterocycles. The number of amides is 1. The predicted octanol–water partition coefficient (Wildman–Crippen LogP) is 1.56. The van der Waals surface area contributed by atoms with Crippen LogP contribution >= 0.6 is 11.6 Å². The van der Waals surface area contributed by atoms with Crippen LogP contribution in [0.1, 0.15) is 16.1 Å². The normalized spacial score (nSPS) is 11.7. The summed E-state index contributed by atoms with van der Waals surface area (Å²) in [7, 11) is 0. The van der Waals surface area contributed by atoms with Crippen molar-refractivity contribution in [2.24, 2.45) is 0 Å². The molecule has 0 fully saturated rings. The number of benzene rings is 1. The molecule has 7 heteroatoms. The van der Waals surface area contributed by atoms with Crippen LogP contribution in [0, 0.1) is 0 Å². The van der Waals surface area contributed by atoms with E-state index in [0.29, 0.717) is 0 Å². The summed E-state index contributed by atoms with van der Waals surface area (Å²) in [5.41, 5.74) is 0.825. The van der Waals surface area contributed by atoms with Crippen molar-refractivity contribution in [1.29, 1.82) is 0 Å². The fourth-order valence-corrected chi connectivity index (χ4v) is 1.81. The molecule has 1 atom stereocenters. The van der Waals surface area contributed by atoms with Crippen LogP contribution in [0.25, 0.3) is 0 Å². The molecule has 0 radical (unpaired) electrons. The van der Waals surface area contributed by atoms with Crippen LogP contribution in [0.15, 0.2) is 42.7 Å². The number of halogens is 1. The SMILES string of the molecule is O=C(N[C@H](Cc1ccccc1)C(=O)O)c1cnc(Cl)cn1. The van der Waals surface area contributed by atoms with E-state index in [1.54, 1.807) is 24.3 Å². The molecule has 0 bridgehead atoms. The Morgan fingerprint density at radius 3 is 2.48 bits per heavy atom. The van der Waals surface area contributed by atoms with Crippen molar-refractivity contribution in [2.75, 3.05) is 0 Å². The van der Waals surface area contributed by atoms with Crippen molar-refractivity contribution in [3.8, 4) is 0 Å². The number of hydrogen-bond donors (Lipinski definition) is 2. The van der Waals surface area contributed by atoms with E-state index in [2.05, 4.69) is 15.3 Å². The van der Waals surface area contributed by atoms with Gasteiger partial charge >= 0.3 is 5.97 Å².